The summed E-state index contributed by atoms with van der Waals surface area (Å²) in [6.07, 6.45) is 8.78. The molecule has 0 aromatic heterocycles. The predicted octanol–water partition coefficient (Wildman–Crippen LogP) is 3.93. The van der Waals surface area contributed by atoms with Gasteiger partial charge in [0.25, 0.3) is 0 Å². The van der Waals surface area contributed by atoms with Gasteiger partial charge in [0.05, 0.1) is 0 Å². The fourth-order valence-electron chi connectivity index (χ4n) is 3.28. The average Bonchev–Trinajstić information content (AvgIpc) is 2.46. The molecule has 1 atom stereocenters. The van der Waals surface area contributed by atoms with Gasteiger partial charge in [-0.25, -0.2) is 0 Å². The second kappa shape index (κ2) is 7.49. The summed E-state index contributed by atoms with van der Waals surface area (Å²) in [6.45, 7) is 8.40. The summed E-state index contributed by atoms with van der Waals surface area (Å²) in [5.74, 6) is 0.481. The molecule has 110 valence electrons. The summed E-state index contributed by atoms with van der Waals surface area (Å²) in [6, 6.07) is 6.59. The summed E-state index contributed by atoms with van der Waals surface area (Å²) >= 11 is 0. The minimum absolute atomic E-state index is 0.481. The molecule has 0 spiro atoms. The largest absolute Gasteiger partial charge is 0.508 e. The molecule has 0 saturated heterocycles. The maximum Gasteiger partial charge on any atom is 0.119 e. The number of benzene rings is 1. The van der Waals surface area contributed by atoms with Crippen LogP contribution in [0.5, 0.6) is 5.75 Å². The van der Waals surface area contributed by atoms with Crippen LogP contribution in [0.1, 0.15) is 43.7 Å². The van der Waals surface area contributed by atoms with Crippen molar-refractivity contribution in [1.29, 1.82) is 0 Å². The SMILES string of the molecule is C=CCCCN(CCC)[C@H]1CCc2c(O)cccc2C1. The highest BCUT2D eigenvalue weighted by Crippen LogP contribution is 2.30. The molecule has 0 bridgehead atoms. The van der Waals surface area contributed by atoms with Gasteiger partial charge in [0.15, 0.2) is 0 Å². The van der Waals surface area contributed by atoms with Crippen LogP contribution in [-0.2, 0) is 12.8 Å². The number of allylic oxidation sites excluding steroid dienone is 1. The Balaban J connectivity index is 2.02. The zero-order valence-electron chi connectivity index (χ0n) is 12.6. The molecule has 0 radical (unpaired) electrons. The highest BCUT2D eigenvalue weighted by atomic mass is 16.3. The predicted molar refractivity (Wildman–Crippen MR) is 85.2 cm³/mol. The smallest absolute Gasteiger partial charge is 0.119 e. The molecule has 0 amide bonds. The number of hydrogen-bond acceptors (Lipinski definition) is 2. The van der Waals surface area contributed by atoms with Crippen molar-refractivity contribution in [1.82, 2.24) is 4.90 Å². The summed E-state index contributed by atoms with van der Waals surface area (Å²) in [5, 5.41) is 9.93. The van der Waals surface area contributed by atoms with Gasteiger partial charge in [0.1, 0.15) is 5.75 Å². The number of aromatic hydroxyl groups is 1. The Bertz CT molecular complexity index is 441. The van der Waals surface area contributed by atoms with Crippen LogP contribution in [0.2, 0.25) is 0 Å². The van der Waals surface area contributed by atoms with Crippen molar-refractivity contribution in [3.63, 3.8) is 0 Å². The van der Waals surface area contributed by atoms with E-state index in [-0.39, 0.29) is 0 Å². The highest BCUT2D eigenvalue weighted by Gasteiger charge is 2.24. The highest BCUT2D eigenvalue weighted by molar-refractivity contribution is 5.41. The molecule has 0 fully saturated rings. The third-order valence-corrected chi connectivity index (χ3v) is 4.31. The van der Waals surface area contributed by atoms with E-state index < -0.39 is 0 Å². The molecular weight excluding hydrogens is 246 g/mol. The van der Waals surface area contributed by atoms with Gasteiger partial charge in [-0.15, -0.1) is 6.58 Å². The molecule has 1 aliphatic rings. The maximum absolute atomic E-state index is 9.93. The number of unbranched alkanes of at least 4 members (excludes halogenated alkanes) is 1. The molecule has 1 N–H and O–H groups in total. The quantitative estimate of drug-likeness (QED) is 0.601. The second-order valence-corrected chi connectivity index (χ2v) is 5.78. The first-order valence-electron chi connectivity index (χ1n) is 7.91. The van der Waals surface area contributed by atoms with Gasteiger partial charge in [-0.1, -0.05) is 25.1 Å². The van der Waals surface area contributed by atoms with Crippen molar-refractivity contribution in [2.24, 2.45) is 0 Å². The molecule has 1 aliphatic carbocycles. The van der Waals surface area contributed by atoms with E-state index in [0.717, 1.165) is 19.3 Å². The molecule has 0 heterocycles. The summed E-state index contributed by atoms with van der Waals surface area (Å²) < 4.78 is 0. The number of nitrogens with zero attached hydrogens (tertiary/aromatic N) is 1. The zero-order chi connectivity index (χ0) is 14.4. The Hall–Kier alpha value is -1.28. The second-order valence-electron chi connectivity index (χ2n) is 5.78. The van der Waals surface area contributed by atoms with Crippen molar-refractivity contribution in [3.8, 4) is 5.75 Å². The monoisotopic (exact) mass is 273 g/mol. The van der Waals surface area contributed by atoms with Crippen LogP contribution in [0.3, 0.4) is 0 Å². The van der Waals surface area contributed by atoms with Crippen LogP contribution >= 0.6 is 0 Å². The van der Waals surface area contributed by atoms with E-state index in [0.29, 0.717) is 11.8 Å². The topological polar surface area (TPSA) is 23.5 Å². The normalized spacial score (nSPS) is 18.0. The lowest BCUT2D eigenvalue weighted by atomic mass is 9.86. The Kier molecular flexibility index (Phi) is 5.66. The van der Waals surface area contributed by atoms with Crippen LogP contribution in [0.15, 0.2) is 30.9 Å². The van der Waals surface area contributed by atoms with Crippen LogP contribution in [0, 0.1) is 0 Å². The van der Waals surface area contributed by atoms with Crippen LogP contribution < -0.4 is 0 Å². The molecule has 0 unspecified atom stereocenters. The van der Waals surface area contributed by atoms with E-state index in [1.54, 1.807) is 0 Å². The third-order valence-electron chi connectivity index (χ3n) is 4.31. The van der Waals surface area contributed by atoms with Crippen LogP contribution in [-0.4, -0.2) is 29.1 Å². The van der Waals surface area contributed by atoms with Gasteiger partial charge >= 0.3 is 0 Å². The fourth-order valence-corrected chi connectivity index (χ4v) is 3.28. The Morgan fingerprint density at radius 3 is 3.00 bits per heavy atom. The molecule has 1 aromatic carbocycles. The first kappa shape index (κ1) is 15.1. The summed E-state index contributed by atoms with van der Waals surface area (Å²) in [5.41, 5.74) is 2.51. The molecule has 0 saturated carbocycles. The summed E-state index contributed by atoms with van der Waals surface area (Å²) in [4.78, 5) is 2.64. The lowest BCUT2D eigenvalue weighted by Gasteiger charge is -2.35. The van der Waals surface area contributed by atoms with Gasteiger partial charge in [-0.05, 0) is 68.8 Å². The molecule has 2 nitrogen and oxygen atoms in total. The fraction of sp³-hybridized carbons (Fsp3) is 0.556. The van der Waals surface area contributed by atoms with Gasteiger partial charge in [0.2, 0.25) is 0 Å². The molecule has 2 heteroatoms. The lowest BCUT2D eigenvalue weighted by molar-refractivity contribution is 0.177. The maximum atomic E-state index is 9.93. The number of rotatable bonds is 7. The first-order valence-corrected chi connectivity index (χ1v) is 7.91. The zero-order valence-corrected chi connectivity index (χ0v) is 12.6. The third kappa shape index (κ3) is 3.63. The summed E-state index contributed by atoms with van der Waals surface area (Å²) in [7, 11) is 0. The molecule has 0 aliphatic heterocycles. The number of phenolic OH excluding ortho intramolecular Hbond substituents is 1. The Labute approximate surface area is 123 Å². The van der Waals surface area contributed by atoms with E-state index in [4.69, 9.17) is 0 Å². The standard InChI is InChI=1S/C18H27NO/c1-3-5-6-13-19(12-4-2)16-10-11-17-15(14-16)8-7-9-18(17)20/h3,7-9,16,20H,1,4-6,10-14H2,2H3/t16-/m0/s1. The molecule has 20 heavy (non-hydrogen) atoms. The minimum Gasteiger partial charge on any atom is -0.508 e. The number of fused-ring (bicyclic) bond motifs is 1. The van der Waals surface area contributed by atoms with Crippen molar-refractivity contribution in [2.45, 2.75) is 51.5 Å². The van der Waals surface area contributed by atoms with E-state index >= 15 is 0 Å². The molecular formula is C18H27NO. The van der Waals surface area contributed by atoms with Crippen molar-refractivity contribution >= 4 is 0 Å². The van der Waals surface area contributed by atoms with Gasteiger partial charge in [0, 0.05) is 6.04 Å². The number of hydrogen-bond donors (Lipinski definition) is 1. The van der Waals surface area contributed by atoms with E-state index in [1.165, 1.54) is 43.5 Å². The van der Waals surface area contributed by atoms with Crippen LogP contribution in [0.25, 0.3) is 0 Å². The first-order chi connectivity index (χ1) is 9.76. The van der Waals surface area contributed by atoms with Gasteiger partial charge in [-0.3, -0.25) is 0 Å². The van der Waals surface area contributed by atoms with Crippen molar-refractivity contribution < 1.29 is 5.11 Å². The molecule has 1 aromatic rings. The Morgan fingerprint density at radius 1 is 1.40 bits per heavy atom. The van der Waals surface area contributed by atoms with Crippen molar-refractivity contribution in [3.05, 3.63) is 42.0 Å². The minimum atomic E-state index is 0.481. The van der Waals surface area contributed by atoms with E-state index in [1.807, 2.05) is 18.2 Å². The van der Waals surface area contributed by atoms with Gasteiger partial charge < -0.3 is 10.0 Å². The molecule has 2 rings (SSSR count). The lowest BCUT2D eigenvalue weighted by Crippen LogP contribution is -2.40. The Morgan fingerprint density at radius 2 is 2.25 bits per heavy atom. The average molecular weight is 273 g/mol. The number of phenols is 1. The van der Waals surface area contributed by atoms with E-state index in [2.05, 4.69) is 24.5 Å². The van der Waals surface area contributed by atoms with Gasteiger partial charge in [-0.2, -0.15) is 0 Å². The van der Waals surface area contributed by atoms with E-state index in [9.17, 15) is 5.11 Å². The van der Waals surface area contributed by atoms with Crippen LogP contribution in [0.4, 0.5) is 0 Å². The van der Waals surface area contributed by atoms with Crippen molar-refractivity contribution in [2.75, 3.05) is 13.1 Å².